The second-order valence-corrected chi connectivity index (χ2v) is 9.58. The number of ether oxygens (including phenoxy) is 1. The predicted octanol–water partition coefficient (Wildman–Crippen LogP) is 7.60. The lowest BCUT2D eigenvalue weighted by Gasteiger charge is -2.20. The standard InChI is InChI=1S/C26H29F3N4O/c1-25(2,3)17-7-6-8-19(15-17)31-23-22(26(27,28)29)16-30-24(33-23)32-18-11-13-21(14-12-18)34-20-9-4-5-10-20/h6-8,11-16,20H,4-5,9-10H2,1-3H3,(H2,30,31,32,33). The zero-order valence-corrected chi connectivity index (χ0v) is 19.5. The van der Waals surface area contributed by atoms with E-state index in [9.17, 15) is 13.2 Å². The molecule has 0 spiro atoms. The molecule has 1 aromatic heterocycles. The number of halogens is 3. The van der Waals surface area contributed by atoms with Gasteiger partial charge in [-0.3, -0.25) is 0 Å². The average molecular weight is 471 g/mol. The van der Waals surface area contributed by atoms with Crippen molar-refractivity contribution in [3.8, 4) is 5.75 Å². The third-order valence-corrected chi connectivity index (χ3v) is 5.80. The van der Waals surface area contributed by atoms with Gasteiger partial charge < -0.3 is 15.4 Å². The molecule has 0 unspecified atom stereocenters. The molecule has 1 aliphatic carbocycles. The number of nitrogens with zero attached hydrogens (tertiary/aromatic N) is 2. The minimum Gasteiger partial charge on any atom is -0.490 e. The number of alkyl halides is 3. The predicted molar refractivity (Wildman–Crippen MR) is 128 cm³/mol. The number of rotatable bonds is 6. The van der Waals surface area contributed by atoms with Gasteiger partial charge in [-0.25, -0.2) is 4.98 Å². The molecule has 1 saturated carbocycles. The second-order valence-electron chi connectivity index (χ2n) is 9.58. The topological polar surface area (TPSA) is 59.1 Å². The molecule has 3 aromatic rings. The van der Waals surface area contributed by atoms with Crippen molar-refractivity contribution in [2.45, 2.75) is 64.1 Å². The van der Waals surface area contributed by atoms with Crippen LogP contribution in [0.4, 0.5) is 36.3 Å². The van der Waals surface area contributed by atoms with E-state index in [1.54, 1.807) is 18.2 Å². The van der Waals surface area contributed by atoms with Crippen LogP contribution in [0, 0.1) is 0 Å². The van der Waals surface area contributed by atoms with Crippen LogP contribution in [0.5, 0.6) is 5.75 Å². The van der Waals surface area contributed by atoms with Crippen LogP contribution in [0.1, 0.15) is 57.6 Å². The number of anilines is 4. The van der Waals surface area contributed by atoms with Gasteiger partial charge in [0.2, 0.25) is 5.95 Å². The van der Waals surface area contributed by atoms with Crippen LogP contribution in [-0.4, -0.2) is 16.1 Å². The molecule has 1 heterocycles. The molecule has 0 saturated heterocycles. The fraction of sp³-hybridized carbons (Fsp3) is 0.385. The van der Waals surface area contributed by atoms with Crippen molar-refractivity contribution in [3.63, 3.8) is 0 Å². The highest BCUT2D eigenvalue weighted by atomic mass is 19.4. The van der Waals surface area contributed by atoms with Crippen LogP contribution in [0.3, 0.4) is 0 Å². The maximum atomic E-state index is 13.6. The maximum absolute atomic E-state index is 13.6. The van der Waals surface area contributed by atoms with E-state index in [0.29, 0.717) is 11.4 Å². The minimum atomic E-state index is -4.60. The zero-order chi connectivity index (χ0) is 24.3. The lowest BCUT2D eigenvalue weighted by atomic mass is 9.87. The molecular weight excluding hydrogens is 441 g/mol. The zero-order valence-electron chi connectivity index (χ0n) is 19.5. The summed E-state index contributed by atoms with van der Waals surface area (Å²) in [6, 6.07) is 14.6. The molecule has 180 valence electrons. The molecule has 8 heteroatoms. The van der Waals surface area contributed by atoms with Gasteiger partial charge in [-0.1, -0.05) is 32.9 Å². The Kier molecular flexibility index (Phi) is 6.68. The highest BCUT2D eigenvalue weighted by Gasteiger charge is 2.35. The van der Waals surface area contributed by atoms with Crippen LogP contribution in [0.15, 0.2) is 54.7 Å². The molecule has 1 fully saturated rings. The first kappa shape index (κ1) is 23.9. The Balaban J connectivity index is 1.55. The minimum absolute atomic E-state index is 0.0620. The van der Waals surface area contributed by atoms with Gasteiger partial charge in [0.15, 0.2) is 0 Å². The van der Waals surface area contributed by atoms with Gasteiger partial charge in [0, 0.05) is 17.6 Å². The van der Waals surface area contributed by atoms with Crippen molar-refractivity contribution >= 4 is 23.1 Å². The van der Waals surface area contributed by atoms with Gasteiger partial charge >= 0.3 is 6.18 Å². The summed E-state index contributed by atoms with van der Waals surface area (Å²) in [5.41, 5.74) is 1.10. The fourth-order valence-corrected chi connectivity index (χ4v) is 3.89. The molecule has 0 aliphatic heterocycles. The molecule has 0 atom stereocenters. The van der Waals surface area contributed by atoms with Crippen molar-refractivity contribution in [2.75, 3.05) is 10.6 Å². The third kappa shape index (κ3) is 5.98. The Labute approximate surface area is 197 Å². The summed E-state index contributed by atoms with van der Waals surface area (Å²) in [5.74, 6) is 0.524. The Bertz CT molecular complexity index is 1120. The molecule has 5 nitrogen and oxygen atoms in total. The van der Waals surface area contributed by atoms with Crippen molar-refractivity contribution in [1.29, 1.82) is 0 Å². The first-order valence-electron chi connectivity index (χ1n) is 11.4. The summed E-state index contributed by atoms with van der Waals surface area (Å²) in [4.78, 5) is 8.03. The molecule has 0 amide bonds. The van der Waals surface area contributed by atoms with Crippen LogP contribution in [-0.2, 0) is 11.6 Å². The highest BCUT2D eigenvalue weighted by molar-refractivity contribution is 5.63. The number of nitrogens with one attached hydrogen (secondary N) is 2. The van der Waals surface area contributed by atoms with Crippen molar-refractivity contribution < 1.29 is 17.9 Å². The molecule has 0 radical (unpaired) electrons. The SMILES string of the molecule is CC(C)(C)c1cccc(Nc2nc(Nc3ccc(OC4CCCC4)cc3)ncc2C(F)(F)F)c1. The van der Waals surface area contributed by atoms with E-state index in [-0.39, 0.29) is 23.3 Å². The van der Waals surface area contributed by atoms with Gasteiger partial charge in [-0.2, -0.15) is 18.2 Å². The highest BCUT2D eigenvalue weighted by Crippen LogP contribution is 2.36. The molecule has 34 heavy (non-hydrogen) atoms. The van der Waals surface area contributed by atoms with E-state index >= 15 is 0 Å². The van der Waals surface area contributed by atoms with E-state index in [1.807, 2.05) is 51.1 Å². The lowest BCUT2D eigenvalue weighted by molar-refractivity contribution is -0.137. The molecule has 4 rings (SSSR count). The summed E-state index contributed by atoms with van der Waals surface area (Å²) in [6.07, 6.45) is 0.952. The summed E-state index contributed by atoms with van der Waals surface area (Å²) < 4.78 is 46.9. The molecule has 2 aromatic carbocycles. The Morgan fingerprint density at radius 3 is 2.26 bits per heavy atom. The number of benzene rings is 2. The number of hydrogen-bond donors (Lipinski definition) is 2. The first-order chi connectivity index (χ1) is 16.1. The van der Waals surface area contributed by atoms with Crippen LogP contribution >= 0.6 is 0 Å². The third-order valence-electron chi connectivity index (χ3n) is 5.80. The van der Waals surface area contributed by atoms with Gasteiger partial charge in [0.1, 0.15) is 17.1 Å². The van der Waals surface area contributed by atoms with E-state index in [4.69, 9.17) is 4.74 Å². The van der Waals surface area contributed by atoms with E-state index < -0.39 is 11.7 Å². The van der Waals surface area contributed by atoms with Crippen molar-refractivity contribution in [1.82, 2.24) is 9.97 Å². The summed E-state index contributed by atoms with van der Waals surface area (Å²) in [6.45, 7) is 6.14. The maximum Gasteiger partial charge on any atom is 0.421 e. The number of hydrogen-bond acceptors (Lipinski definition) is 5. The monoisotopic (exact) mass is 470 g/mol. The quantitative estimate of drug-likeness (QED) is 0.388. The number of aromatic nitrogens is 2. The molecule has 1 aliphatic rings. The van der Waals surface area contributed by atoms with Crippen LogP contribution in [0.2, 0.25) is 0 Å². The Morgan fingerprint density at radius 2 is 1.62 bits per heavy atom. The fourth-order valence-electron chi connectivity index (χ4n) is 3.89. The molecule has 2 N–H and O–H groups in total. The van der Waals surface area contributed by atoms with Crippen molar-refractivity contribution in [3.05, 3.63) is 65.9 Å². The van der Waals surface area contributed by atoms with Crippen LogP contribution in [0.25, 0.3) is 0 Å². The first-order valence-corrected chi connectivity index (χ1v) is 11.4. The van der Waals surface area contributed by atoms with E-state index in [2.05, 4.69) is 20.6 Å². The summed E-state index contributed by atoms with van der Waals surface area (Å²) >= 11 is 0. The average Bonchev–Trinajstić information content (AvgIpc) is 3.27. The summed E-state index contributed by atoms with van der Waals surface area (Å²) in [5, 5.41) is 5.82. The molecular formula is C26H29F3N4O. The normalized spacial score (nSPS) is 14.8. The Morgan fingerprint density at radius 1 is 0.912 bits per heavy atom. The van der Waals surface area contributed by atoms with Gasteiger partial charge in [-0.05, 0) is 73.1 Å². The second kappa shape index (κ2) is 9.52. The largest absolute Gasteiger partial charge is 0.490 e. The van der Waals surface area contributed by atoms with Crippen molar-refractivity contribution in [2.24, 2.45) is 0 Å². The van der Waals surface area contributed by atoms with E-state index in [1.165, 1.54) is 12.8 Å². The lowest BCUT2D eigenvalue weighted by Crippen LogP contribution is -2.14. The van der Waals surface area contributed by atoms with Gasteiger partial charge in [0.25, 0.3) is 0 Å². The van der Waals surface area contributed by atoms with Crippen LogP contribution < -0.4 is 15.4 Å². The smallest absolute Gasteiger partial charge is 0.421 e. The van der Waals surface area contributed by atoms with E-state index in [0.717, 1.165) is 30.4 Å². The molecule has 0 bridgehead atoms. The summed E-state index contributed by atoms with van der Waals surface area (Å²) in [7, 11) is 0. The van der Waals surface area contributed by atoms with Gasteiger partial charge in [-0.15, -0.1) is 0 Å². The van der Waals surface area contributed by atoms with Gasteiger partial charge in [0.05, 0.1) is 6.10 Å². The Hall–Kier alpha value is -3.29.